The molecule has 1 heterocycles. The van der Waals surface area contributed by atoms with Gasteiger partial charge in [0.25, 0.3) is 5.91 Å². The Hall–Kier alpha value is -2.11. The van der Waals surface area contributed by atoms with Gasteiger partial charge in [-0.25, -0.2) is 4.98 Å². The number of amides is 2. The van der Waals surface area contributed by atoms with Crippen LogP contribution >= 0.6 is 0 Å². The van der Waals surface area contributed by atoms with E-state index in [2.05, 4.69) is 20.9 Å². The fourth-order valence-electron chi connectivity index (χ4n) is 1.38. The second-order valence-electron chi connectivity index (χ2n) is 3.77. The summed E-state index contributed by atoms with van der Waals surface area (Å²) in [5.41, 5.74) is 0.424. The first-order valence-electron chi connectivity index (χ1n) is 5.80. The van der Waals surface area contributed by atoms with Crippen molar-refractivity contribution in [2.45, 2.75) is 19.9 Å². The zero-order chi connectivity index (χ0) is 13.5. The molecule has 18 heavy (non-hydrogen) atoms. The lowest BCUT2D eigenvalue weighted by Crippen LogP contribution is -2.43. The molecular formula is C12H18N4O2. The molecule has 0 spiro atoms. The molecule has 0 radical (unpaired) electrons. The van der Waals surface area contributed by atoms with E-state index in [1.54, 1.807) is 19.1 Å². The first-order valence-corrected chi connectivity index (χ1v) is 5.80. The minimum Gasteiger partial charge on any atom is -0.370 e. The van der Waals surface area contributed by atoms with Crippen LogP contribution < -0.4 is 16.0 Å². The number of rotatable bonds is 5. The Balaban J connectivity index is 2.64. The van der Waals surface area contributed by atoms with Crippen LogP contribution in [0.1, 0.15) is 24.2 Å². The molecular weight excluding hydrogens is 232 g/mol. The van der Waals surface area contributed by atoms with Gasteiger partial charge in [-0.2, -0.15) is 0 Å². The third-order valence-electron chi connectivity index (χ3n) is 2.37. The van der Waals surface area contributed by atoms with Crippen molar-refractivity contribution in [3.8, 4) is 0 Å². The maximum atomic E-state index is 11.8. The van der Waals surface area contributed by atoms with Crippen LogP contribution in [-0.2, 0) is 4.79 Å². The summed E-state index contributed by atoms with van der Waals surface area (Å²) in [6.45, 7) is 4.36. The van der Waals surface area contributed by atoms with E-state index in [4.69, 9.17) is 0 Å². The highest BCUT2D eigenvalue weighted by atomic mass is 16.2. The van der Waals surface area contributed by atoms with Crippen LogP contribution in [0.3, 0.4) is 0 Å². The summed E-state index contributed by atoms with van der Waals surface area (Å²) >= 11 is 0. The summed E-state index contributed by atoms with van der Waals surface area (Å²) in [5, 5.41) is 8.09. The van der Waals surface area contributed by atoms with Gasteiger partial charge < -0.3 is 16.0 Å². The summed E-state index contributed by atoms with van der Waals surface area (Å²) in [4.78, 5) is 27.1. The van der Waals surface area contributed by atoms with E-state index < -0.39 is 6.04 Å². The van der Waals surface area contributed by atoms with Crippen LogP contribution in [0.2, 0.25) is 0 Å². The number of aromatic nitrogens is 1. The minimum absolute atomic E-state index is 0.236. The summed E-state index contributed by atoms with van der Waals surface area (Å²) in [6.07, 6.45) is 1.48. The molecule has 1 atom stereocenters. The van der Waals surface area contributed by atoms with Gasteiger partial charge in [0.05, 0.1) is 5.56 Å². The van der Waals surface area contributed by atoms with E-state index in [1.165, 1.54) is 13.2 Å². The molecule has 1 rings (SSSR count). The number of nitrogens with zero attached hydrogens (tertiary/aromatic N) is 1. The summed E-state index contributed by atoms with van der Waals surface area (Å²) in [5.74, 6) is 0.163. The second kappa shape index (κ2) is 6.58. The number of carbonyl (C=O) groups is 2. The predicted molar refractivity (Wildman–Crippen MR) is 69.4 cm³/mol. The molecule has 6 heteroatoms. The van der Waals surface area contributed by atoms with Crippen LogP contribution in [0.5, 0.6) is 0 Å². The summed E-state index contributed by atoms with van der Waals surface area (Å²) in [7, 11) is 1.53. The zero-order valence-electron chi connectivity index (χ0n) is 10.8. The summed E-state index contributed by atoms with van der Waals surface area (Å²) < 4.78 is 0. The van der Waals surface area contributed by atoms with E-state index in [0.29, 0.717) is 11.4 Å². The van der Waals surface area contributed by atoms with Gasteiger partial charge in [0.15, 0.2) is 0 Å². The highest BCUT2D eigenvalue weighted by Crippen LogP contribution is 2.04. The fraction of sp³-hybridized carbons (Fsp3) is 0.417. The summed E-state index contributed by atoms with van der Waals surface area (Å²) in [6, 6.07) is 2.82. The number of nitrogens with one attached hydrogen (secondary N) is 3. The molecule has 2 amide bonds. The van der Waals surface area contributed by atoms with E-state index in [-0.39, 0.29) is 11.8 Å². The van der Waals surface area contributed by atoms with Gasteiger partial charge in [-0.1, -0.05) is 0 Å². The number of hydrogen-bond acceptors (Lipinski definition) is 4. The highest BCUT2D eigenvalue weighted by molar-refractivity contribution is 5.97. The van der Waals surface area contributed by atoms with Crippen LogP contribution in [0.15, 0.2) is 18.3 Å². The number of hydrogen-bond donors (Lipinski definition) is 3. The molecule has 98 valence electrons. The molecule has 0 saturated heterocycles. The van der Waals surface area contributed by atoms with Crippen molar-refractivity contribution >= 4 is 17.6 Å². The molecule has 1 aromatic heterocycles. The van der Waals surface area contributed by atoms with Gasteiger partial charge in [-0.3, -0.25) is 9.59 Å². The van der Waals surface area contributed by atoms with Crippen molar-refractivity contribution in [1.82, 2.24) is 15.6 Å². The quantitative estimate of drug-likeness (QED) is 0.705. The maximum absolute atomic E-state index is 11.8. The SMILES string of the molecule is CCNc1ccc(C(=O)NC(C)C(=O)NC)cn1. The molecule has 0 aliphatic rings. The van der Waals surface area contributed by atoms with Crippen LogP contribution in [-0.4, -0.2) is 36.4 Å². The van der Waals surface area contributed by atoms with E-state index >= 15 is 0 Å². The van der Waals surface area contributed by atoms with Crippen LogP contribution in [0.25, 0.3) is 0 Å². The van der Waals surface area contributed by atoms with Gasteiger partial charge >= 0.3 is 0 Å². The highest BCUT2D eigenvalue weighted by Gasteiger charge is 2.15. The standard InChI is InChI=1S/C12H18N4O2/c1-4-14-10-6-5-9(7-15-10)12(18)16-8(2)11(17)13-3/h5-8H,4H2,1-3H3,(H,13,17)(H,14,15)(H,16,18). The van der Waals surface area contributed by atoms with Crippen molar-refractivity contribution in [2.75, 3.05) is 18.9 Å². The van der Waals surface area contributed by atoms with E-state index in [1.807, 2.05) is 6.92 Å². The second-order valence-corrected chi connectivity index (χ2v) is 3.77. The number of pyridine rings is 1. The molecule has 0 aromatic carbocycles. The average molecular weight is 250 g/mol. The molecule has 3 N–H and O–H groups in total. The van der Waals surface area contributed by atoms with Crippen LogP contribution in [0.4, 0.5) is 5.82 Å². The lowest BCUT2D eigenvalue weighted by Gasteiger charge is -2.12. The van der Waals surface area contributed by atoms with Crippen molar-refractivity contribution in [1.29, 1.82) is 0 Å². The average Bonchev–Trinajstić information content (AvgIpc) is 2.38. The normalized spacial score (nSPS) is 11.5. The van der Waals surface area contributed by atoms with E-state index in [0.717, 1.165) is 6.54 Å². The smallest absolute Gasteiger partial charge is 0.253 e. The van der Waals surface area contributed by atoms with E-state index in [9.17, 15) is 9.59 Å². The Morgan fingerprint density at radius 1 is 1.39 bits per heavy atom. The number of carbonyl (C=O) groups excluding carboxylic acids is 2. The number of anilines is 1. The largest absolute Gasteiger partial charge is 0.370 e. The number of likely N-dealkylation sites (N-methyl/N-ethyl adjacent to an activating group) is 1. The lowest BCUT2D eigenvalue weighted by atomic mass is 10.2. The third-order valence-corrected chi connectivity index (χ3v) is 2.37. The van der Waals surface area contributed by atoms with Crippen LogP contribution in [0, 0.1) is 0 Å². The van der Waals surface area contributed by atoms with Crippen molar-refractivity contribution in [3.63, 3.8) is 0 Å². The molecule has 0 fully saturated rings. The van der Waals surface area contributed by atoms with Crippen molar-refractivity contribution < 1.29 is 9.59 Å². The molecule has 0 aliphatic heterocycles. The lowest BCUT2D eigenvalue weighted by molar-refractivity contribution is -0.122. The predicted octanol–water partition coefficient (Wildman–Crippen LogP) is 0.378. The zero-order valence-corrected chi connectivity index (χ0v) is 10.8. The third kappa shape index (κ3) is 3.73. The first kappa shape index (κ1) is 14.0. The van der Waals surface area contributed by atoms with Gasteiger partial charge in [0.2, 0.25) is 5.91 Å². The molecule has 1 aromatic rings. The van der Waals surface area contributed by atoms with Gasteiger partial charge in [-0.15, -0.1) is 0 Å². The molecule has 0 bridgehead atoms. The fourth-order valence-corrected chi connectivity index (χ4v) is 1.38. The molecule has 6 nitrogen and oxygen atoms in total. The Morgan fingerprint density at radius 2 is 2.11 bits per heavy atom. The molecule has 0 aliphatic carbocycles. The molecule has 1 unspecified atom stereocenters. The Bertz CT molecular complexity index is 417. The maximum Gasteiger partial charge on any atom is 0.253 e. The Kier molecular flexibility index (Phi) is 5.10. The van der Waals surface area contributed by atoms with Crippen molar-refractivity contribution in [2.24, 2.45) is 0 Å². The Morgan fingerprint density at radius 3 is 2.61 bits per heavy atom. The molecule has 0 saturated carbocycles. The monoisotopic (exact) mass is 250 g/mol. The van der Waals surface area contributed by atoms with Crippen molar-refractivity contribution in [3.05, 3.63) is 23.9 Å². The minimum atomic E-state index is -0.573. The Labute approximate surface area is 106 Å². The topological polar surface area (TPSA) is 83.1 Å². The van der Waals surface area contributed by atoms with Gasteiger partial charge in [-0.05, 0) is 26.0 Å². The van der Waals surface area contributed by atoms with Gasteiger partial charge in [0, 0.05) is 19.8 Å². The first-order chi connectivity index (χ1) is 8.58. The van der Waals surface area contributed by atoms with Gasteiger partial charge in [0.1, 0.15) is 11.9 Å².